The van der Waals surface area contributed by atoms with Crippen LogP contribution in [0.25, 0.3) is 0 Å². The molecule has 0 aromatic heterocycles. The molecule has 0 radical (unpaired) electrons. The van der Waals surface area contributed by atoms with Gasteiger partial charge < -0.3 is 10.5 Å². The number of thioether (sulfide) groups is 1. The summed E-state index contributed by atoms with van der Waals surface area (Å²) in [6.07, 6.45) is -1.23. The molecule has 0 rings (SSSR count). The van der Waals surface area contributed by atoms with Crippen molar-refractivity contribution in [1.82, 2.24) is 0 Å². The summed E-state index contributed by atoms with van der Waals surface area (Å²) in [4.78, 5) is 10.9. The van der Waals surface area contributed by atoms with Gasteiger partial charge in [0.1, 0.15) is 0 Å². The minimum absolute atomic E-state index is 0.0848. The highest BCUT2D eigenvalue weighted by Crippen LogP contribution is 2.20. The Labute approximate surface area is 80.0 Å². The van der Waals surface area contributed by atoms with Crippen LogP contribution in [0.3, 0.4) is 0 Å². The van der Waals surface area contributed by atoms with Crippen LogP contribution in [-0.2, 0) is 9.53 Å². The van der Waals surface area contributed by atoms with Gasteiger partial charge in [0.05, 0.1) is 7.11 Å². The van der Waals surface area contributed by atoms with Crippen LogP contribution in [0.5, 0.6) is 0 Å². The van der Waals surface area contributed by atoms with Crippen molar-refractivity contribution in [3.63, 3.8) is 0 Å². The van der Waals surface area contributed by atoms with Gasteiger partial charge >= 0.3 is 5.97 Å². The highest BCUT2D eigenvalue weighted by atomic mass is 32.2. The van der Waals surface area contributed by atoms with Gasteiger partial charge in [0.25, 0.3) is 6.43 Å². The number of carbonyl (C=O) groups excluding carboxylic acids is 1. The second-order valence-electron chi connectivity index (χ2n) is 2.58. The Kier molecular flexibility index (Phi) is 5.24. The summed E-state index contributed by atoms with van der Waals surface area (Å²) < 4.78 is 29.0. The maximum Gasteiger partial charge on any atom is 0.331 e. The van der Waals surface area contributed by atoms with E-state index >= 15 is 0 Å². The molecule has 13 heavy (non-hydrogen) atoms. The lowest BCUT2D eigenvalue weighted by atomic mass is 9.99. The predicted molar refractivity (Wildman–Crippen MR) is 47.9 cm³/mol. The van der Waals surface area contributed by atoms with Gasteiger partial charge in [0, 0.05) is 0 Å². The summed E-state index contributed by atoms with van der Waals surface area (Å²) in [5.74, 6) is -0.660. The SMILES string of the molecule is COC(=O)[C@](N)(CCSC)C(F)F. The van der Waals surface area contributed by atoms with Gasteiger partial charge in [-0.15, -0.1) is 0 Å². The average molecular weight is 213 g/mol. The number of alkyl halides is 2. The number of methoxy groups -OCH3 is 1. The third-order valence-corrected chi connectivity index (χ3v) is 2.29. The van der Waals surface area contributed by atoms with Gasteiger partial charge in [0.2, 0.25) is 0 Å². The van der Waals surface area contributed by atoms with E-state index < -0.39 is 17.9 Å². The molecule has 0 unspecified atom stereocenters. The number of nitrogens with two attached hydrogens (primary N) is 1. The van der Waals surface area contributed by atoms with Crippen molar-refractivity contribution in [2.75, 3.05) is 19.1 Å². The smallest absolute Gasteiger partial charge is 0.331 e. The molecule has 1 atom stereocenters. The van der Waals surface area contributed by atoms with Crippen LogP contribution in [-0.4, -0.2) is 37.1 Å². The normalized spacial score (nSPS) is 15.5. The number of hydrogen-bond donors (Lipinski definition) is 1. The van der Waals surface area contributed by atoms with Gasteiger partial charge in [0.15, 0.2) is 5.54 Å². The van der Waals surface area contributed by atoms with Crippen molar-refractivity contribution in [1.29, 1.82) is 0 Å². The highest BCUT2D eigenvalue weighted by Gasteiger charge is 2.44. The van der Waals surface area contributed by atoms with E-state index in [1.807, 2.05) is 0 Å². The van der Waals surface area contributed by atoms with E-state index in [1.165, 1.54) is 11.8 Å². The third kappa shape index (κ3) is 3.11. The van der Waals surface area contributed by atoms with Gasteiger partial charge in [-0.2, -0.15) is 11.8 Å². The number of ether oxygens (including phenoxy) is 1. The minimum Gasteiger partial charge on any atom is -0.467 e. The Balaban J connectivity index is 4.43. The van der Waals surface area contributed by atoms with E-state index in [0.29, 0.717) is 5.75 Å². The number of esters is 1. The first-order valence-corrected chi connectivity index (χ1v) is 5.02. The lowest BCUT2D eigenvalue weighted by Gasteiger charge is -2.24. The second-order valence-corrected chi connectivity index (χ2v) is 3.56. The molecule has 0 aromatic carbocycles. The second kappa shape index (κ2) is 5.39. The van der Waals surface area contributed by atoms with E-state index in [9.17, 15) is 13.6 Å². The van der Waals surface area contributed by atoms with Crippen molar-refractivity contribution in [2.45, 2.75) is 18.4 Å². The first-order chi connectivity index (χ1) is 5.99. The van der Waals surface area contributed by atoms with E-state index in [-0.39, 0.29) is 6.42 Å². The molecular weight excluding hydrogens is 200 g/mol. The molecule has 0 heterocycles. The summed E-state index contributed by atoms with van der Waals surface area (Å²) in [7, 11) is 1.05. The number of carbonyl (C=O) groups is 1. The largest absolute Gasteiger partial charge is 0.467 e. The van der Waals surface area contributed by atoms with Crippen LogP contribution in [0.4, 0.5) is 8.78 Å². The molecular formula is C7H13F2NO2S. The minimum atomic E-state index is -2.90. The van der Waals surface area contributed by atoms with Crippen LogP contribution < -0.4 is 5.73 Å². The van der Waals surface area contributed by atoms with Gasteiger partial charge in [-0.25, -0.2) is 13.6 Å². The summed E-state index contributed by atoms with van der Waals surface area (Å²) in [6.45, 7) is 0. The number of hydrogen-bond acceptors (Lipinski definition) is 4. The lowest BCUT2D eigenvalue weighted by molar-refractivity contribution is -0.153. The van der Waals surface area contributed by atoms with E-state index in [1.54, 1.807) is 6.26 Å². The summed E-state index contributed by atoms with van der Waals surface area (Å²) >= 11 is 1.35. The topological polar surface area (TPSA) is 52.3 Å². The van der Waals surface area contributed by atoms with Crippen LogP contribution in [0.2, 0.25) is 0 Å². The molecule has 0 spiro atoms. The Morgan fingerprint density at radius 3 is 2.54 bits per heavy atom. The van der Waals surface area contributed by atoms with Crippen molar-refractivity contribution in [2.24, 2.45) is 5.73 Å². The molecule has 2 N–H and O–H groups in total. The molecule has 0 aliphatic rings. The molecule has 0 fully saturated rings. The van der Waals surface area contributed by atoms with E-state index in [4.69, 9.17) is 5.73 Å². The maximum atomic E-state index is 12.4. The zero-order chi connectivity index (χ0) is 10.5. The fraction of sp³-hybridized carbons (Fsp3) is 0.857. The first-order valence-electron chi connectivity index (χ1n) is 3.63. The fourth-order valence-electron chi connectivity index (χ4n) is 0.761. The molecule has 0 aliphatic heterocycles. The van der Waals surface area contributed by atoms with E-state index in [2.05, 4.69) is 4.74 Å². The van der Waals surface area contributed by atoms with Gasteiger partial charge in [-0.05, 0) is 18.4 Å². The lowest BCUT2D eigenvalue weighted by Crippen LogP contribution is -2.55. The van der Waals surface area contributed by atoms with Crippen molar-refractivity contribution in [3.05, 3.63) is 0 Å². The third-order valence-electron chi connectivity index (χ3n) is 1.67. The number of rotatable bonds is 5. The molecule has 0 saturated heterocycles. The fourth-order valence-corrected chi connectivity index (χ4v) is 1.30. The molecule has 78 valence electrons. The van der Waals surface area contributed by atoms with Crippen LogP contribution in [0.15, 0.2) is 0 Å². The molecule has 0 bridgehead atoms. The van der Waals surface area contributed by atoms with Gasteiger partial charge in [-0.3, -0.25) is 0 Å². The van der Waals surface area contributed by atoms with Crippen LogP contribution in [0, 0.1) is 0 Å². The quantitative estimate of drug-likeness (QED) is 0.689. The predicted octanol–water partition coefficient (Wildman–Crippen LogP) is 0.875. The van der Waals surface area contributed by atoms with Gasteiger partial charge in [-0.1, -0.05) is 0 Å². The molecule has 0 aliphatic carbocycles. The summed E-state index contributed by atoms with van der Waals surface area (Å²) in [6, 6.07) is 0. The monoisotopic (exact) mass is 213 g/mol. The van der Waals surface area contributed by atoms with Crippen LogP contribution in [0.1, 0.15) is 6.42 Å². The van der Waals surface area contributed by atoms with E-state index in [0.717, 1.165) is 7.11 Å². The Morgan fingerprint density at radius 1 is 1.69 bits per heavy atom. The molecule has 6 heteroatoms. The standard InChI is InChI=1S/C7H13F2NO2S/c1-12-6(11)7(10,5(8)9)3-4-13-2/h5H,3-4,10H2,1-2H3/t7-/m0/s1. The highest BCUT2D eigenvalue weighted by molar-refractivity contribution is 7.98. The van der Waals surface area contributed by atoms with Crippen LogP contribution >= 0.6 is 11.8 Å². The molecule has 0 aromatic rings. The molecule has 0 amide bonds. The molecule has 0 saturated carbocycles. The van der Waals surface area contributed by atoms with Crippen molar-refractivity contribution in [3.8, 4) is 0 Å². The Bertz CT molecular complexity index is 180. The van der Waals surface area contributed by atoms with Crippen molar-refractivity contribution < 1.29 is 18.3 Å². The van der Waals surface area contributed by atoms with Crippen molar-refractivity contribution >= 4 is 17.7 Å². The molecule has 3 nitrogen and oxygen atoms in total. The Hall–Kier alpha value is -0.360. The maximum absolute atomic E-state index is 12.4. The zero-order valence-corrected chi connectivity index (χ0v) is 8.37. The summed E-state index contributed by atoms with van der Waals surface area (Å²) in [5, 5.41) is 0. The average Bonchev–Trinajstić information content (AvgIpc) is 2.12. The first kappa shape index (κ1) is 12.6. The number of halogens is 2. The Morgan fingerprint density at radius 2 is 2.23 bits per heavy atom. The summed E-state index contributed by atoms with van der Waals surface area (Å²) in [5.41, 5.74) is 3.09. The zero-order valence-electron chi connectivity index (χ0n) is 7.55.